The maximum absolute atomic E-state index is 12.7. The topological polar surface area (TPSA) is 52.2 Å². The van der Waals surface area contributed by atoms with E-state index in [1.165, 1.54) is 24.1 Å². The molecule has 1 aliphatic rings. The van der Waals surface area contributed by atoms with Gasteiger partial charge in [-0.15, -0.1) is 11.8 Å². The van der Waals surface area contributed by atoms with Crippen LogP contribution in [0.5, 0.6) is 0 Å². The van der Waals surface area contributed by atoms with Crippen LogP contribution in [0.3, 0.4) is 0 Å². The normalized spacial score (nSPS) is 15.0. The van der Waals surface area contributed by atoms with Crippen LogP contribution >= 0.6 is 11.8 Å². The van der Waals surface area contributed by atoms with Gasteiger partial charge in [0.05, 0.1) is 22.0 Å². The van der Waals surface area contributed by atoms with Crippen LogP contribution < -0.4 is 4.90 Å². The minimum Gasteiger partial charge on any atom is -0.371 e. The zero-order chi connectivity index (χ0) is 20.2. The minimum absolute atomic E-state index is 0.136. The SMILES string of the molecule is CC(SCC(=O)N(C)Cc1ccccc1N1CCCC1)c1nc2ccccc2[nH]1. The molecule has 1 unspecified atom stereocenters. The number of carbonyl (C=O) groups excluding carboxylic acids is 1. The van der Waals surface area contributed by atoms with Gasteiger partial charge >= 0.3 is 0 Å². The van der Waals surface area contributed by atoms with Gasteiger partial charge in [0.2, 0.25) is 5.91 Å². The fraction of sp³-hybridized carbons (Fsp3) is 0.391. The van der Waals surface area contributed by atoms with Crippen molar-refractivity contribution >= 4 is 34.4 Å². The number of thioether (sulfide) groups is 1. The molecule has 1 aliphatic heterocycles. The zero-order valence-electron chi connectivity index (χ0n) is 17.1. The maximum atomic E-state index is 12.7. The molecule has 3 aromatic rings. The first-order valence-electron chi connectivity index (χ1n) is 10.2. The molecule has 1 saturated heterocycles. The van der Waals surface area contributed by atoms with Gasteiger partial charge in [0, 0.05) is 32.4 Å². The van der Waals surface area contributed by atoms with Gasteiger partial charge in [-0.05, 0) is 43.5 Å². The summed E-state index contributed by atoms with van der Waals surface area (Å²) in [7, 11) is 1.90. The van der Waals surface area contributed by atoms with Crippen LogP contribution in [-0.4, -0.2) is 46.7 Å². The van der Waals surface area contributed by atoms with Crippen molar-refractivity contribution in [3.05, 3.63) is 59.9 Å². The minimum atomic E-state index is 0.136. The van der Waals surface area contributed by atoms with E-state index < -0.39 is 0 Å². The summed E-state index contributed by atoms with van der Waals surface area (Å²) >= 11 is 1.63. The van der Waals surface area contributed by atoms with Crippen LogP contribution in [0.25, 0.3) is 11.0 Å². The Labute approximate surface area is 176 Å². The second kappa shape index (κ2) is 8.91. The number of aromatic amines is 1. The van der Waals surface area contributed by atoms with E-state index in [4.69, 9.17) is 0 Å². The van der Waals surface area contributed by atoms with E-state index in [1.54, 1.807) is 11.8 Å². The predicted molar refractivity (Wildman–Crippen MR) is 121 cm³/mol. The number of nitrogens with zero attached hydrogens (tertiary/aromatic N) is 3. The molecule has 0 aliphatic carbocycles. The van der Waals surface area contributed by atoms with E-state index in [0.717, 1.165) is 29.9 Å². The highest BCUT2D eigenvalue weighted by Gasteiger charge is 2.19. The number of amides is 1. The van der Waals surface area contributed by atoms with Crippen molar-refractivity contribution in [2.24, 2.45) is 0 Å². The van der Waals surface area contributed by atoms with E-state index in [1.807, 2.05) is 36.2 Å². The Morgan fingerprint density at radius 3 is 2.69 bits per heavy atom. The molecule has 2 heterocycles. The molecule has 29 heavy (non-hydrogen) atoms. The zero-order valence-corrected chi connectivity index (χ0v) is 17.9. The van der Waals surface area contributed by atoms with Gasteiger partial charge in [0.1, 0.15) is 5.82 Å². The summed E-state index contributed by atoms with van der Waals surface area (Å²) in [6.07, 6.45) is 2.50. The first kappa shape index (κ1) is 19.8. The van der Waals surface area contributed by atoms with Crippen molar-refractivity contribution in [2.45, 2.75) is 31.6 Å². The Kier molecular flexibility index (Phi) is 6.09. The fourth-order valence-electron chi connectivity index (χ4n) is 3.81. The lowest BCUT2D eigenvalue weighted by Crippen LogP contribution is -2.29. The molecule has 5 nitrogen and oxygen atoms in total. The summed E-state index contributed by atoms with van der Waals surface area (Å²) < 4.78 is 0. The standard InChI is InChI=1S/C23H28N4OS/c1-17(23-24-19-10-4-5-11-20(19)25-23)29-16-22(28)26(2)15-18-9-3-6-12-21(18)27-13-7-8-14-27/h3-6,9-12,17H,7-8,13-16H2,1-2H3,(H,24,25). The Morgan fingerprint density at radius 2 is 1.90 bits per heavy atom. The summed E-state index contributed by atoms with van der Waals surface area (Å²) in [6.45, 7) is 4.96. The van der Waals surface area contributed by atoms with E-state index in [0.29, 0.717) is 12.3 Å². The summed E-state index contributed by atoms with van der Waals surface area (Å²) in [5, 5.41) is 0.136. The van der Waals surface area contributed by atoms with Crippen molar-refractivity contribution in [3.63, 3.8) is 0 Å². The molecular formula is C23H28N4OS. The Hall–Kier alpha value is -2.47. The molecule has 1 aromatic heterocycles. The van der Waals surface area contributed by atoms with Crippen LogP contribution in [0.2, 0.25) is 0 Å². The molecule has 1 fully saturated rings. The fourth-order valence-corrected chi connectivity index (χ4v) is 4.69. The molecule has 1 atom stereocenters. The van der Waals surface area contributed by atoms with Crippen LogP contribution in [0.15, 0.2) is 48.5 Å². The number of aromatic nitrogens is 2. The number of rotatable bonds is 7. The van der Waals surface area contributed by atoms with Gasteiger partial charge in [0.15, 0.2) is 0 Å². The molecule has 1 amide bonds. The molecule has 2 aromatic carbocycles. The summed E-state index contributed by atoms with van der Waals surface area (Å²) in [4.78, 5) is 25.0. The monoisotopic (exact) mass is 408 g/mol. The van der Waals surface area contributed by atoms with Gasteiger partial charge in [-0.25, -0.2) is 4.98 Å². The number of anilines is 1. The average molecular weight is 409 g/mol. The van der Waals surface area contributed by atoms with Gasteiger partial charge in [-0.2, -0.15) is 0 Å². The summed E-state index contributed by atoms with van der Waals surface area (Å²) in [5.41, 5.74) is 4.50. The average Bonchev–Trinajstić information content (AvgIpc) is 3.42. The molecule has 4 rings (SSSR count). The number of carbonyl (C=O) groups is 1. The number of hydrogen-bond acceptors (Lipinski definition) is 4. The van der Waals surface area contributed by atoms with Crippen LogP contribution in [0, 0.1) is 0 Å². The van der Waals surface area contributed by atoms with E-state index in [-0.39, 0.29) is 11.2 Å². The van der Waals surface area contributed by atoms with Crippen molar-refractivity contribution in [2.75, 3.05) is 30.8 Å². The lowest BCUT2D eigenvalue weighted by Gasteiger charge is -2.24. The van der Waals surface area contributed by atoms with Gasteiger partial charge < -0.3 is 14.8 Å². The van der Waals surface area contributed by atoms with E-state index in [2.05, 4.69) is 46.1 Å². The number of hydrogen-bond donors (Lipinski definition) is 1. The largest absolute Gasteiger partial charge is 0.371 e. The molecule has 152 valence electrons. The first-order valence-corrected chi connectivity index (χ1v) is 11.3. The predicted octanol–water partition coefficient (Wildman–Crippen LogP) is 4.62. The van der Waals surface area contributed by atoms with Crippen LogP contribution in [0.1, 0.15) is 36.4 Å². The second-order valence-corrected chi connectivity index (χ2v) is 8.99. The number of H-pyrrole nitrogens is 1. The first-order chi connectivity index (χ1) is 14.1. The van der Waals surface area contributed by atoms with Crippen molar-refractivity contribution in [1.29, 1.82) is 0 Å². The smallest absolute Gasteiger partial charge is 0.232 e. The Bertz CT molecular complexity index is 947. The van der Waals surface area contributed by atoms with Crippen LogP contribution in [0.4, 0.5) is 5.69 Å². The quantitative estimate of drug-likeness (QED) is 0.620. The molecule has 0 spiro atoms. The van der Waals surface area contributed by atoms with E-state index in [9.17, 15) is 4.79 Å². The number of nitrogens with one attached hydrogen (secondary N) is 1. The third-order valence-electron chi connectivity index (χ3n) is 5.52. The second-order valence-electron chi connectivity index (χ2n) is 7.67. The highest BCUT2D eigenvalue weighted by Crippen LogP contribution is 2.29. The highest BCUT2D eigenvalue weighted by atomic mass is 32.2. The Balaban J connectivity index is 1.35. The number of benzene rings is 2. The molecule has 6 heteroatoms. The number of para-hydroxylation sites is 3. The molecule has 0 bridgehead atoms. The highest BCUT2D eigenvalue weighted by molar-refractivity contribution is 8.00. The molecule has 0 saturated carbocycles. The number of imidazole rings is 1. The lowest BCUT2D eigenvalue weighted by molar-refractivity contribution is -0.127. The third kappa shape index (κ3) is 4.58. The van der Waals surface area contributed by atoms with Crippen LogP contribution in [-0.2, 0) is 11.3 Å². The van der Waals surface area contributed by atoms with Gasteiger partial charge in [-0.3, -0.25) is 4.79 Å². The summed E-state index contributed by atoms with van der Waals surface area (Å²) in [5.74, 6) is 1.51. The van der Waals surface area contributed by atoms with Crippen molar-refractivity contribution in [3.8, 4) is 0 Å². The molecular weight excluding hydrogens is 380 g/mol. The summed E-state index contributed by atoms with van der Waals surface area (Å²) in [6, 6.07) is 16.5. The number of fused-ring (bicyclic) bond motifs is 1. The Morgan fingerprint density at radius 1 is 1.17 bits per heavy atom. The van der Waals surface area contributed by atoms with Gasteiger partial charge in [0.25, 0.3) is 0 Å². The third-order valence-corrected chi connectivity index (χ3v) is 6.66. The van der Waals surface area contributed by atoms with Crippen molar-refractivity contribution in [1.82, 2.24) is 14.9 Å². The van der Waals surface area contributed by atoms with Gasteiger partial charge in [-0.1, -0.05) is 30.3 Å². The lowest BCUT2D eigenvalue weighted by atomic mass is 10.1. The molecule has 0 radical (unpaired) electrons. The van der Waals surface area contributed by atoms with E-state index >= 15 is 0 Å². The molecule has 1 N–H and O–H groups in total. The van der Waals surface area contributed by atoms with Crippen molar-refractivity contribution < 1.29 is 4.79 Å². The maximum Gasteiger partial charge on any atom is 0.232 e.